The number of halogens is 4. The Hall–Kier alpha value is -3.40. The second-order valence-corrected chi connectivity index (χ2v) is 6.62. The minimum Gasteiger partial charge on any atom is -0.434 e. The van der Waals surface area contributed by atoms with Crippen LogP contribution in [0, 0.1) is 6.92 Å². The Labute approximate surface area is 173 Å². The van der Waals surface area contributed by atoms with Crippen LogP contribution in [0.1, 0.15) is 11.4 Å². The molecular formula is C19H13ClF3N5O2. The maximum Gasteiger partial charge on any atom is 0.573 e. The molecule has 3 heterocycles. The number of hydrogen-bond donors (Lipinski definition) is 0. The molecule has 0 radical (unpaired) electrons. The molecule has 0 saturated heterocycles. The lowest BCUT2D eigenvalue weighted by Gasteiger charge is -2.08. The monoisotopic (exact) mass is 435 g/mol. The number of ether oxygens (including phenoxy) is 1. The molecule has 0 fully saturated rings. The molecule has 4 aromatic rings. The van der Waals surface area contributed by atoms with Gasteiger partial charge in [-0.05, 0) is 48.9 Å². The zero-order valence-electron chi connectivity index (χ0n) is 15.4. The number of rotatable bonds is 5. The highest BCUT2D eigenvalue weighted by Gasteiger charge is 2.31. The van der Waals surface area contributed by atoms with Crippen molar-refractivity contribution in [3.8, 4) is 28.8 Å². The number of aryl methyl sites for hydroxylation is 1. The number of hydrogen-bond acceptors (Lipinski definition) is 6. The molecular weight excluding hydrogens is 423 g/mol. The van der Waals surface area contributed by atoms with Gasteiger partial charge in [-0.1, -0.05) is 11.6 Å². The molecule has 4 rings (SSSR count). The zero-order valence-corrected chi connectivity index (χ0v) is 16.1. The van der Waals surface area contributed by atoms with Crippen molar-refractivity contribution in [3.05, 3.63) is 65.3 Å². The maximum atomic E-state index is 12.3. The van der Waals surface area contributed by atoms with Crippen LogP contribution in [0.15, 0.2) is 53.2 Å². The second kappa shape index (κ2) is 7.79. The topological polar surface area (TPSA) is 78.9 Å². The Kier molecular flexibility index (Phi) is 5.17. The van der Waals surface area contributed by atoms with Crippen molar-refractivity contribution in [2.24, 2.45) is 0 Å². The van der Waals surface area contributed by atoms with Crippen LogP contribution in [0.2, 0.25) is 5.15 Å². The summed E-state index contributed by atoms with van der Waals surface area (Å²) in [4.78, 5) is 12.5. The van der Waals surface area contributed by atoms with E-state index in [1.54, 1.807) is 23.9 Å². The molecule has 0 N–H and O–H groups in total. The van der Waals surface area contributed by atoms with Crippen molar-refractivity contribution in [2.45, 2.75) is 19.8 Å². The second-order valence-electron chi connectivity index (χ2n) is 6.23. The molecule has 0 amide bonds. The summed E-state index contributed by atoms with van der Waals surface area (Å²) in [7, 11) is 0. The van der Waals surface area contributed by atoms with E-state index < -0.39 is 6.36 Å². The summed E-state index contributed by atoms with van der Waals surface area (Å²) in [6, 6.07) is 8.83. The highest BCUT2D eigenvalue weighted by molar-refractivity contribution is 6.29. The highest BCUT2D eigenvalue weighted by Crippen LogP contribution is 2.28. The molecule has 3 aromatic heterocycles. The lowest BCUT2D eigenvalue weighted by atomic mass is 10.2. The summed E-state index contributed by atoms with van der Waals surface area (Å²) >= 11 is 5.91. The quantitative estimate of drug-likeness (QED) is 0.415. The number of alkyl halides is 3. The van der Waals surface area contributed by atoms with Gasteiger partial charge in [0.1, 0.15) is 16.7 Å². The van der Waals surface area contributed by atoms with Gasteiger partial charge in [0.15, 0.2) is 5.76 Å². The minimum absolute atomic E-state index is 0.190. The predicted molar refractivity (Wildman–Crippen MR) is 101 cm³/mol. The van der Waals surface area contributed by atoms with E-state index in [0.29, 0.717) is 28.8 Å². The van der Waals surface area contributed by atoms with Gasteiger partial charge in [0.25, 0.3) is 5.89 Å². The average molecular weight is 436 g/mol. The van der Waals surface area contributed by atoms with Gasteiger partial charge in [-0.2, -0.15) is 0 Å². The first-order valence-corrected chi connectivity index (χ1v) is 8.99. The van der Waals surface area contributed by atoms with Crippen molar-refractivity contribution in [3.63, 3.8) is 0 Å². The molecule has 0 aliphatic carbocycles. The standard InChI is InChI=1S/C19H13ClF3N5O2/c1-11-26-17(27-28(11)10-12-6-7-24-16(20)8-12)18-25-9-15(29-18)13-2-4-14(5-3-13)30-19(21,22)23/h2-9H,10H2,1H3. The Morgan fingerprint density at radius 2 is 1.90 bits per heavy atom. The normalized spacial score (nSPS) is 11.6. The number of aromatic nitrogens is 5. The summed E-state index contributed by atoms with van der Waals surface area (Å²) < 4.78 is 48.0. The van der Waals surface area contributed by atoms with Gasteiger partial charge < -0.3 is 9.15 Å². The van der Waals surface area contributed by atoms with Gasteiger partial charge >= 0.3 is 6.36 Å². The summed E-state index contributed by atoms with van der Waals surface area (Å²) in [5, 5.41) is 4.79. The number of benzene rings is 1. The van der Waals surface area contributed by atoms with Crippen molar-refractivity contribution in [1.82, 2.24) is 24.7 Å². The van der Waals surface area contributed by atoms with E-state index in [2.05, 4.69) is 24.8 Å². The molecule has 1 aromatic carbocycles. The third-order valence-electron chi connectivity index (χ3n) is 4.05. The van der Waals surface area contributed by atoms with Gasteiger partial charge in [0.2, 0.25) is 5.82 Å². The van der Waals surface area contributed by atoms with Crippen LogP contribution in [-0.4, -0.2) is 31.1 Å². The largest absolute Gasteiger partial charge is 0.573 e. The van der Waals surface area contributed by atoms with Crippen LogP contribution in [0.5, 0.6) is 5.75 Å². The van der Waals surface area contributed by atoms with E-state index in [1.807, 2.05) is 6.07 Å². The number of oxazole rings is 1. The highest BCUT2D eigenvalue weighted by atomic mass is 35.5. The van der Waals surface area contributed by atoms with Gasteiger partial charge in [0, 0.05) is 11.8 Å². The lowest BCUT2D eigenvalue weighted by Crippen LogP contribution is -2.16. The zero-order chi connectivity index (χ0) is 21.3. The lowest BCUT2D eigenvalue weighted by molar-refractivity contribution is -0.274. The van der Waals surface area contributed by atoms with E-state index in [1.165, 1.54) is 30.5 Å². The van der Waals surface area contributed by atoms with Crippen LogP contribution in [0.4, 0.5) is 13.2 Å². The van der Waals surface area contributed by atoms with Gasteiger partial charge in [-0.3, -0.25) is 0 Å². The minimum atomic E-state index is -4.75. The molecule has 154 valence electrons. The first kappa shape index (κ1) is 19.9. The molecule has 0 aliphatic rings. The van der Waals surface area contributed by atoms with Gasteiger partial charge in [0.05, 0.1) is 12.7 Å². The van der Waals surface area contributed by atoms with Crippen molar-refractivity contribution in [2.75, 3.05) is 0 Å². The van der Waals surface area contributed by atoms with Gasteiger partial charge in [-0.15, -0.1) is 18.3 Å². The molecule has 30 heavy (non-hydrogen) atoms. The summed E-state index contributed by atoms with van der Waals surface area (Å²) in [5.74, 6) is 1.16. The molecule has 0 aliphatic heterocycles. The molecule has 11 heteroatoms. The third-order valence-corrected chi connectivity index (χ3v) is 4.26. The van der Waals surface area contributed by atoms with E-state index in [4.69, 9.17) is 16.0 Å². The van der Waals surface area contributed by atoms with Crippen molar-refractivity contribution >= 4 is 11.6 Å². The molecule has 0 bridgehead atoms. The van der Waals surface area contributed by atoms with Crippen molar-refractivity contribution < 1.29 is 22.3 Å². The average Bonchev–Trinajstić information content (AvgIpc) is 3.29. The smallest absolute Gasteiger partial charge is 0.434 e. The summed E-state index contributed by atoms with van der Waals surface area (Å²) in [6.45, 7) is 2.23. The molecule has 0 unspecified atom stereocenters. The fourth-order valence-corrected chi connectivity index (χ4v) is 2.90. The van der Waals surface area contributed by atoms with Crippen LogP contribution >= 0.6 is 11.6 Å². The Balaban J connectivity index is 1.53. The fraction of sp³-hybridized carbons (Fsp3) is 0.158. The fourth-order valence-electron chi connectivity index (χ4n) is 2.71. The first-order chi connectivity index (χ1) is 14.3. The third kappa shape index (κ3) is 4.60. The Bertz CT molecular complexity index is 1170. The van der Waals surface area contributed by atoms with Crippen LogP contribution < -0.4 is 4.74 Å². The molecule has 0 atom stereocenters. The van der Waals surface area contributed by atoms with Crippen LogP contribution in [0.3, 0.4) is 0 Å². The number of nitrogens with zero attached hydrogens (tertiary/aromatic N) is 5. The maximum absolute atomic E-state index is 12.3. The van der Waals surface area contributed by atoms with Crippen LogP contribution in [0.25, 0.3) is 23.0 Å². The first-order valence-electron chi connectivity index (χ1n) is 8.61. The molecule has 7 nitrogen and oxygen atoms in total. The SMILES string of the molecule is Cc1nc(-c2ncc(-c3ccc(OC(F)(F)F)cc3)o2)nn1Cc1ccnc(Cl)c1. The van der Waals surface area contributed by atoms with E-state index >= 15 is 0 Å². The summed E-state index contributed by atoms with van der Waals surface area (Å²) in [5.41, 5.74) is 1.44. The Morgan fingerprint density at radius 1 is 1.13 bits per heavy atom. The number of pyridine rings is 1. The van der Waals surface area contributed by atoms with E-state index in [9.17, 15) is 13.2 Å². The Morgan fingerprint density at radius 3 is 2.60 bits per heavy atom. The van der Waals surface area contributed by atoms with Crippen LogP contribution in [-0.2, 0) is 6.54 Å². The van der Waals surface area contributed by atoms with Crippen molar-refractivity contribution in [1.29, 1.82) is 0 Å². The summed E-state index contributed by atoms with van der Waals surface area (Å²) in [6.07, 6.45) is -1.69. The van der Waals surface area contributed by atoms with Gasteiger partial charge in [-0.25, -0.2) is 19.6 Å². The van der Waals surface area contributed by atoms with E-state index in [0.717, 1.165) is 5.56 Å². The predicted octanol–water partition coefficient (Wildman–Crippen LogP) is 4.90. The van der Waals surface area contributed by atoms with E-state index in [-0.39, 0.29) is 17.5 Å². The molecule has 0 saturated carbocycles. The molecule has 0 spiro atoms.